The first-order chi connectivity index (χ1) is 9.90. The van der Waals surface area contributed by atoms with Gasteiger partial charge in [-0.1, -0.05) is 19.1 Å². The maximum absolute atomic E-state index is 12.4. The summed E-state index contributed by atoms with van der Waals surface area (Å²) < 4.78 is 9.78. The predicted molar refractivity (Wildman–Crippen MR) is 75.2 cm³/mol. The van der Waals surface area contributed by atoms with Gasteiger partial charge in [-0.15, -0.1) is 0 Å². The van der Waals surface area contributed by atoms with Crippen LogP contribution >= 0.6 is 0 Å². The summed E-state index contributed by atoms with van der Waals surface area (Å²) >= 11 is 0. The van der Waals surface area contributed by atoms with Crippen LogP contribution in [0.4, 0.5) is 0 Å². The highest BCUT2D eigenvalue weighted by Gasteiger charge is 2.64. The first kappa shape index (κ1) is 15.7. The van der Waals surface area contributed by atoms with Gasteiger partial charge in [0, 0.05) is 18.3 Å². The van der Waals surface area contributed by atoms with Crippen molar-refractivity contribution in [2.75, 3.05) is 14.2 Å². The third-order valence-electron chi connectivity index (χ3n) is 5.02. The molecule has 0 aromatic rings. The van der Waals surface area contributed by atoms with E-state index in [4.69, 9.17) is 9.47 Å². The molecule has 2 aliphatic carbocycles. The number of hydrogen-bond acceptors (Lipinski definition) is 5. The number of ether oxygens (including phenoxy) is 2. The zero-order valence-electron chi connectivity index (χ0n) is 12.8. The average molecular weight is 294 g/mol. The molecule has 0 radical (unpaired) electrons. The Morgan fingerprint density at radius 2 is 1.81 bits per heavy atom. The number of esters is 2. The van der Waals surface area contributed by atoms with Crippen LogP contribution in [0.5, 0.6) is 0 Å². The maximum Gasteiger partial charge on any atom is 0.323 e. The second-order valence-electron chi connectivity index (χ2n) is 6.13. The number of fused-ring (bicyclic) bond motifs is 1. The van der Waals surface area contributed by atoms with Crippen molar-refractivity contribution in [3.8, 4) is 0 Å². The molecule has 3 atom stereocenters. The Labute approximate surface area is 124 Å². The van der Waals surface area contributed by atoms with Gasteiger partial charge in [-0.2, -0.15) is 0 Å². The molecule has 116 valence electrons. The standard InChI is InChI=1S/C16H22O5/c1-9-6-5-7-11(17)12-10(2)8-16(13(9)12,14(18)20-3)15(19)21-4/h9,12-13H,2,5-8H2,1,3-4H3/t9-,12+,13+/m1/s1. The summed E-state index contributed by atoms with van der Waals surface area (Å²) in [5.41, 5.74) is -0.778. The van der Waals surface area contributed by atoms with E-state index in [1.807, 2.05) is 6.92 Å². The van der Waals surface area contributed by atoms with Gasteiger partial charge < -0.3 is 9.47 Å². The molecule has 0 bridgehead atoms. The zero-order valence-corrected chi connectivity index (χ0v) is 12.8. The monoisotopic (exact) mass is 294 g/mol. The molecule has 0 unspecified atom stereocenters. The van der Waals surface area contributed by atoms with Crippen molar-refractivity contribution < 1.29 is 23.9 Å². The van der Waals surface area contributed by atoms with Crippen LogP contribution in [0.3, 0.4) is 0 Å². The smallest absolute Gasteiger partial charge is 0.323 e. The normalized spacial score (nSPS) is 31.3. The summed E-state index contributed by atoms with van der Waals surface area (Å²) in [5, 5.41) is 0. The average Bonchev–Trinajstić information content (AvgIpc) is 2.70. The fourth-order valence-electron chi connectivity index (χ4n) is 4.16. The van der Waals surface area contributed by atoms with E-state index in [9.17, 15) is 14.4 Å². The highest BCUT2D eigenvalue weighted by molar-refractivity contribution is 6.03. The SMILES string of the molecule is C=C1CC(C(=O)OC)(C(=O)OC)[C@@H]2[C@@H]1C(=O)CCC[C@H]2C. The Morgan fingerprint density at radius 3 is 2.33 bits per heavy atom. The molecule has 5 nitrogen and oxygen atoms in total. The molecule has 0 amide bonds. The van der Waals surface area contributed by atoms with Crippen LogP contribution in [0.25, 0.3) is 0 Å². The van der Waals surface area contributed by atoms with Crippen LogP contribution in [0.2, 0.25) is 0 Å². The van der Waals surface area contributed by atoms with Crippen molar-refractivity contribution in [1.82, 2.24) is 0 Å². The van der Waals surface area contributed by atoms with E-state index in [1.165, 1.54) is 14.2 Å². The molecule has 0 aliphatic heterocycles. The number of rotatable bonds is 2. The minimum Gasteiger partial charge on any atom is -0.468 e. The lowest BCUT2D eigenvalue weighted by atomic mass is 9.68. The van der Waals surface area contributed by atoms with Gasteiger partial charge in [-0.3, -0.25) is 14.4 Å². The second-order valence-corrected chi connectivity index (χ2v) is 6.13. The van der Waals surface area contributed by atoms with Crippen molar-refractivity contribution in [3.05, 3.63) is 12.2 Å². The Hall–Kier alpha value is -1.65. The zero-order chi connectivity index (χ0) is 15.8. The minimum atomic E-state index is -1.43. The van der Waals surface area contributed by atoms with Crippen molar-refractivity contribution in [2.45, 2.75) is 32.6 Å². The van der Waals surface area contributed by atoms with Gasteiger partial charge >= 0.3 is 11.9 Å². The first-order valence-corrected chi connectivity index (χ1v) is 7.27. The summed E-state index contributed by atoms with van der Waals surface area (Å²) in [5.74, 6) is -1.97. The van der Waals surface area contributed by atoms with Crippen molar-refractivity contribution in [3.63, 3.8) is 0 Å². The molecule has 0 saturated heterocycles. The van der Waals surface area contributed by atoms with E-state index < -0.39 is 29.2 Å². The predicted octanol–water partition coefficient (Wildman–Crippen LogP) is 1.90. The molecule has 2 fully saturated rings. The van der Waals surface area contributed by atoms with Gasteiger partial charge in [-0.25, -0.2) is 0 Å². The van der Waals surface area contributed by atoms with Gasteiger partial charge in [0.25, 0.3) is 0 Å². The highest BCUT2D eigenvalue weighted by Crippen LogP contribution is 2.56. The molecular weight excluding hydrogens is 272 g/mol. The summed E-state index contributed by atoms with van der Waals surface area (Å²) in [6.45, 7) is 5.94. The molecule has 2 saturated carbocycles. The minimum absolute atomic E-state index is 0.0545. The lowest BCUT2D eigenvalue weighted by Gasteiger charge is -2.34. The molecule has 2 rings (SSSR count). The highest BCUT2D eigenvalue weighted by atomic mass is 16.5. The molecular formula is C16H22O5. The molecule has 0 aromatic heterocycles. The van der Waals surface area contributed by atoms with E-state index >= 15 is 0 Å². The third kappa shape index (κ3) is 2.19. The van der Waals surface area contributed by atoms with Gasteiger partial charge in [-0.05, 0) is 25.2 Å². The topological polar surface area (TPSA) is 69.7 Å². The number of ketones is 1. The number of methoxy groups -OCH3 is 2. The largest absolute Gasteiger partial charge is 0.468 e. The Kier molecular flexibility index (Phi) is 4.21. The van der Waals surface area contributed by atoms with Crippen LogP contribution in [-0.4, -0.2) is 31.9 Å². The fourth-order valence-corrected chi connectivity index (χ4v) is 4.16. The van der Waals surface area contributed by atoms with Gasteiger partial charge in [0.15, 0.2) is 5.41 Å². The lowest BCUT2D eigenvalue weighted by Crippen LogP contribution is -2.48. The van der Waals surface area contributed by atoms with Gasteiger partial charge in [0.05, 0.1) is 14.2 Å². The number of hydrogen-bond donors (Lipinski definition) is 0. The van der Waals surface area contributed by atoms with E-state index in [-0.39, 0.29) is 18.1 Å². The maximum atomic E-state index is 12.4. The van der Waals surface area contributed by atoms with Crippen molar-refractivity contribution >= 4 is 17.7 Å². The Morgan fingerprint density at radius 1 is 1.24 bits per heavy atom. The third-order valence-corrected chi connectivity index (χ3v) is 5.02. The molecule has 21 heavy (non-hydrogen) atoms. The van der Waals surface area contributed by atoms with E-state index in [1.54, 1.807) is 0 Å². The van der Waals surface area contributed by atoms with Crippen molar-refractivity contribution in [2.24, 2.45) is 23.2 Å². The molecule has 0 N–H and O–H groups in total. The quantitative estimate of drug-likeness (QED) is 0.442. The second kappa shape index (κ2) is 5.62. The number of carbonyl (C=O) groups excluding carboxylic acids is 3. The summed E-state index contributed by atoms with van der Waals surface area (Å²) in [6, 6.07) is 0. The summed E-state index contributed by atoms with van der Waals surface area (Å²) in [6.07, 6.45) is 2.19. The van der Waals surface area contributed by atoms with Crippen molar-refractivity contribution in [1.29, 1.82) is 0 Å². The summed E-state index contributed by atoms with van der Waals surface area (Å²) in [4.78, 5) is 37.2. The van der Waals surface area contributed by atoms with Crippen LogP contribution in [0.1, 0.15) is 32.6 Å². The Bertz CT molecular complexity index is 477. The van der Waals surface area contributed by atoms with E-state index in [2.05, 4.69) is 6.58 Å². The Balaban J connectivity index is 2.59. The van der Waals surface area contributed by atoms with Gasteiger partial charge in [0.2, 0.25) is 0 Å². The molecule has 0 heterocycles. The van der Waals surface area contributed by atoms with Crippen LogP contribution in [-0.2, 0) is 23.9 Å². The lowest BCUT2D eigenvalue weighted by molar-refractivity contribution is -0.174. The molecule has 5 heteroatoms. The number of Topliss-reactive ketones (excluding diaryl/α,β-unsaturated/α-hetero) is 1. The van der Waals surface area contributed by atoms with Crippen LogP contribution < -0.4 is 0 Å². The molecule has 0 spiro atoms. The number of carbonyl (C=O) groups is 3. The van der Waals surface area contributed by atoms with Gasteiger partial charge in [0.1, 0.15) is 5.78 Å². The fraction of sp³-hybridized carbons (Fsp3) is 0.688. The van der Waals surface area contributed by atoms with E-state index in [0.29, 0.717) is 12.0 Å². The van der Waals surface area contributed by atoms with Crippen LogP contribution in [0, 0.1) is 23.2 Å². The van der Waals surface area contributed by atoms with E-state index in [0.717, 1.165) is 12.8 Å². The summed E-state index contributed by atoms with van der Waals surface area (Å²) in [7, 11) is 2.51. The first-order valence-electron chi connectivity index (χ1n) is 7.27. The number of allylic oxidation sites excluding steroid dienone is 1. The molecule has 0 aromatic carbocycles. The molecule has 2 aliphatic rings. The van der Waals surface area contributed by atoms with Crippen LogP contribution in [0.15, 0.2) is 12.2 Å².